The van der Waals surface area contributed by atoms with Gasteiger partial charge in [0.1, 0.15) is 11.6 Å². The van der Waals surface area contributed by atoms with Gasteiger partial charge in [-0.05, 0) is 19.1 Å². The molecule has 0 aliphatic heterocycles. The molecule has 0 bridgehead atoms. The maximum absolute atomic E-state index is 13.5. The number of rotatable bonds is 4. The summed E-state index contributed by atoms with van der Waals surface area (Å²) in [6.07, 6.45) is 0. The number of nitrogens with zero attached hydrogens (tertiary/aromatic N) is 1. The van der Waals surface area contributed by atoms with Crippen LogP contribution in [-0.2, 0) is 0 Å². The van der Waals surface area contributed by atoms with Crippen molar-refractivity contribution >= 4 is 29.1 Å². The normalized spacial score (nSPS) is 10.4. The highest BCUT2D eigenvalue weighted by molar-refractivity contribution is 6.30. The number of halogens is 4. The Morgan fingerprint density at radius 3 is 2.53 bits per heavy atom. The lowest BCUT2D eigenvalue weighted by molar-refractivity contribution is 0.0769. The van der Waals surface area contributed by atoms with E-state index >= 15 is 0 Å². The molecule has 1 aromatic rings. The van der Waals surface area contributed by atoms with Gasteiger partial charge >= 0.3 is 0 Å². The first-order valence-electron chi connectivity index (χ1n) is 5.01. The largest absolute Gasteiger partial charge is 0.338 e. The lowest BCUT2D eigenvalue weighted by Gasteiger charge is -2.19. The Kier molecular flexibility index (Phi) is 5.15. The van der Waals surface area contributed by atoms with Crippen LogP contribution in [0.4, 0.5) is 8.78 Å². The summed E-state index contributed by atoms with van der Waals surface area (Å²) in [5, 5.41) is -0.348. The fraction of sp³-hybridized carbons (Fsp3) is 0.364. The molecule has 0 aliphatic carbocycles. The van der Waals surface area contributed by atoms with Crippen LogP contribution < -0.4 is 0 Å². The molecule has 0 aromatic heterocycles. The van der Waals surface area contributed by atoms with Crippen molar-refractivity contribution in [2.24, 2.45) is 0 Å². The highest BCUT2D eigenvalue weighted by atomic mass is 35.5. The summed E-state index contributed by atoms with van der Waals surface area (Å²) in [5.41, 5.74) is -0.334. The third kappa shape index (κ3) is 3.30. The Bertz CT molecular complexity index is 426. The highest BCUT2D eigenvalue weighted by Gasteiger charge is 2.19. The molecule has 0 N–H and O–H groups in total. The molecule has 6 heteroatoms. The zero-order valence-corrected chi connectivity index (χ0v) is 10.7. The summed E-state index contributed by atoms with van der Waals surface area (Å²) >= 11 is 10.9. The highest BCUT2D eigenvalue weighted by Crippen LogP contribution is 2.20. The monoisotopic (exact) mass is 281 g/mol. The lowest BCUT2D eigenvalue weighted by Crippen LogP contribution is -2.33. The number of alkyl halides is 1. The molecule has 17 heavy (non-hydrogen) atoms. The molecule has 2 nitrogen and oxygen atoms in total. The third-order valence-corrected chi connectivity index (χ3v) is 2.72. The molecule has 1 rings (SSSR count). The van der Waals surface area contributed by atoms with E-state index in [0.29, 0.717) is 6.54 Å². The van der Waals surface area contributed by atoms with Crippen molar-refractivity contribution in [3.63, 3.8) is 0 Å². The van der Waals surface area contributed by atoms with E-state index in [4.69, 9.17) is 23.2 Å². The van der Waals surface area contributed by atoms with Gasteiger partial charge in [-0.25, -0.2) is 8.78 Å². The Morgan fingerprint density at radius 1 is 1.35 bits per heavy atom. The van der Waals surface area contributed by atoms with Crippen molar-refractivity contribution in [2.75, 3.05) is 19.0 Å². The van der Waals surface area contributed by atoms with E-state index < -0.39 is 17.5 Å². The summed E-state index contributed by atoms with van der Waals surface area (Å²) in [5.74, 6) is -2.02. The van der Waals surface area contributed by atoms with Crippen LogP contribution in [-0.4, -0.2) is 29.8 Å². The van der Waals surface area contributed by atoms with Crippen LogP contribution in [0.5, 0.6) is 0 Å². The second-order valence-electron chi connectivity index (χ2n) is 3.32. The molecule has 0 heterocycles. The predicted molar refractivity (Wildman–Crippen MR) is 63.7 cm³/mol. The molecule has 0 aliphatic rings. The van der Waals surface area contributed by atoms with Gasteiger partial charge in [-0.2, -0.15) is 0 Å². The van der Waals surface area contributed by atoms with Gasteiger partial charge in [-0.1, -0.05) is 11.6 Å². The number of benzene rings is 1. The summed E-state index contributed by atoms with van der Waals surface area (Å²) in [6, 6.07) is 1.59. The Labute approximate surface area is 108 Å². The third-order valence-electron chi connectivity index (χ3n) is 2.26. The van der Waals surface area contributed by atoms with Crippen molar-refractivity contribution in [2.45, 2.75) is 6.92 Å². The Hall–Kier alpha value is -0.870. The minimum Gasteiger partial charge on any atom is -0.338 e. The molecule has 0 unspecified atom stereocenters. The van der Waals surface area contributed by atoms with Crippen LogP contribution in [0.2, 0.25) is 5.02 Å². The topological polar surface area (TPSA) is 20.3 Å². The summed E-state index contributed by atoms with van der Waals surface area (Å²) in [6.45, 7) is 2.38. The maximum atomic E-state index is 13.5. The molecule has 94 valence electrons. The van der Waals surface area contributed by atoms with Crippen LogP contribution in [0.3, 0.4) is 0 Å². The first-order valence-corrected chi connectivity index (χ1v) is 5.92. The second kappa shape index (κ2) is 6.17. The van der Waals surface area contributed by atoms with Crippen molar-refractivity contribution in [3.8, 4) is 0 Å². The molecule has 0 atom stereocenters. The van der Waals surface area contributed by atoms with Crippen molar-refractivity contribution in [1.29, 1.82) is 0 Å². The second-order valence-corrected chi connectivity index (χ2v) is 4.11. The fourth-order valence-electron chi connectivity index (χ4n) is 1.36. The zero-order valence-electron chi connectivity index (χ0n) is 9.14. The summed E-state index contributed by atoms with van der Waals surface area (Å²) in [4.78, 5) is 13.2. The minimum absolute atomic E-state index is 0.233. The molecular weight excluding hydrogens is 271 g/mol. The summed E-state index contributed by atoms with van der Waals surface area (Å²) < 4.78 is 26.7. The van der Waals surface area contributed by atoms with Crippen LogP contribution in [0, 0.1) is 11.6 Å². The van der Waals surface area contributed by atoms with Crippen LogP contribution in [0.25, 0.3) is 0 Å². The maximum Gasteiger partial charge on any atom is 0.256 e. The van der Waals surface area contributed by atoms with Crippen molar-refractivity contribution in [1.82, 2.24) is 4.90 Å². The first-order chi connectivity index (χ1) is 8.01. The smallest absolute Gasteiger partial charge is 0.256 e. The first kappa shape index (κ1) is 14.2. The predicted octanol–water partition coefficient (Wildman–Crippen LogP) is 3.32. The molecule has 0 fully saturated rings. The van der Waals surface area contributed by atoms with Gasteiger partial charge in [0.25, 0.3) is 5.91 Å². The lowest BCUT2D eigenvalue weighted by atomic mass is 10.1. The van der Waals surface area contributed by atoms with E-state index in [1.165, 1.54) is 4.90 Å². The van der Waals surface area contributed by atoms with Gasteiger partial charge in [0.15, 0.2) is 0 Å². The molecule has 0 spiro atoms. The van der Waals surface area contributed by atoms with Gasteiger partial charge in [0.2, 0.25) is 0 Å². The average molecular weight is 282 g/mol. The molecular formula is C11H11Cl2F2NO. The number of carbonyl (C=O) groups excluding carboxylic acids is 1. The van der Waals surface area contributed by atoms with E-state index in [-0.39, 0.29) is 23.0 Å². The number of hydrogen-bond acceptors (Lipinski definition) is 1. The zero-order chi connectivity index (χ0) is 13.0. The van der Waals surface area contributed by atoms with Crippen LogP contribution in [0.1, 0.15) is 17.3 Å². The van der Waals surface area contributed by atoms with Gasteiger partial charge in [0, 0.05) is 19.0 Å². The van der Waals surface area contributed by atoms with Gasteiger partial charge in [-0.15, -0.1) is 11.6 Å². The standard InChI is InChI=1S/C11H11Cl2F2NO/c1-2-16(4-3-12)11(17)7-5-10(15)8(13)6-9(7)14/h5-6H,2-4H2,1H3. The average Bonchev–Trinajstić information content (AvgIpc) is 2.30. The Morgan fingerprint density at radius 2 is 2.00 bits per heavy atom. The number of amides is 1. The summed E-state index contributed by atoms with van der Waals surface area (Å²) in [7, 11) is 0. The van der Waals surface area contributed by atoms with Gasteiger partial charge in [0.05, 0.1) is 10.6 Å². The molecule has 0 saturated carbocycles. The Balaban J connectivity index is 3.07. The fourth-order valence-corrected chi connectivity index (χ4v) is 1.72. The SMILES string of the molecule is CCN(CCCl)C(=O)c1cc(F)c(Cl)cc1F. The molecule has 0 radical (unpaired) electrons. The van der Waals surface area contributed by atoms with E-state index in [1.54, 1.807) is 6.92 Å². The molecule has 0 saturated heterocycles. The quantitative estimate of drug-likeness (QED) is 0.612. The van der Waals surface area contributed by atoms with Crippen molar-refractivity contribution < 1.29 is 13.6 Å². The van der Waals surface area contributed by atoms with E-state index in [0.717, 1.165) is 12.1 Å². The van der Waals surface area contributed by atoms with Crippen LogP contribution >= 0.6 is 23.2 Å². The van der Waals surface area contributed by atoms with E-state index in [9.17, 15) is 13.6 Å². The van der Waals surface area contributed by atoms with Gasteiger partial charge in [-0.3, -0.25) is 4.79 Å². The molecule has 1 amide bonds. The van der Waals surface area contributed by atoms with E-state index in [1.807, 2.05) is 0 Å². The number of carbonyl (C=O) groups is 1. The number of hydrogen-bond donors (Lipinski definition) is 0. The van der Waals surface area contributed by atoms with Crippen LogP contribution in [0.15, 0.2) is 12.1 Å². The van der Waals surface area contributed by atoms with Crippen molar-refractivity contribution in [3.05, 3.63) is 34.4 Å². The van der Waals surface area contributed by atoms with Gasteiger partial charge < -0.3 is 4.90 Å². The van der Waals surface area contributed by atoms with E-state index in [2.05, 4.69) is 0 Å². The minimum atomic E-state index is -0.838. The molecule has 1 aromatic carbocycles.